The van der Waals surface area contributed by atoms with Gasteiger partial charge in [-0.05, 0) is 34.8 Å². The first-order chi connectivity index (χ1) is 5.59. The second kappa shape index (κ2) is 3.87. The molecule has 1 rings (SSSR count). The molecule has 1 aliphatic heterocycles. The van der Waals surface area contributed by atoms with Gasteiger partial charge in [0.25, 0.3) is 0 Å². The zero-order valence-corrected chi connectivity index (χ0v) is 9.45. The van der Waals surface area contributed by atoms with Crippen LogP contribution in [0.15, 0.2) is 11.5 Å². The molecular formula is C11H20S. The molecule has 0 saturated heterocycles. The lowest BCUT2D eigenvalue weighted by Crippen LogP contribution is -2.32. The molecule has 0 radical (unpaired) electrons. The zero-order chi connectivity index (χ0) is 9.19. The molecule has 12 heavy (non-hydrogen) atoms. The fourth-order valence-electron chi connectivity index (χ4n) is 2.19. The van der Waals surface area contributed by atoms with Crippen LogP contribution >= 0.6 is 11.8 Å². The van der Waals surface area contributed by atoms with E-state index in [0.29, 0.717) is 5.41 Å². The van der Waals surface area contributed by atoms with Crippen LogP contribution in [0, 0.1) is 17.3 Å². The minimum Gasteiger partial charge on any atom is -0.134 e. The van der Waals surface area contributed by atoms with Crippen molar-refractivity contribution in [2.45, 2.75) is 34.1 Å². The highest BCUT2D eigenvalue weighted by Crippen LogP contribution is 2.44. The minimum atomic E-state index is 0.477. The molecule has 0 amide bonds. The Morgan fingerprint density at radius 3 is 2.00 bits per heavy atom. The highest BCUT2D eigenvalue weighted by molar-refractivity contribution is 8.02. The predicted octanol–water partition coefficient (Wildman–Crippen LogP) is 3.94. The molecule has 0 aromatic carbocycles. The van der Waals surface area contributed by atoms with Crippen LogP contribution in [0.1, 0.15) is 34.1 Å². The van der Waals surface area contributed by atoms with Crippen LogP contribution in [-0.4, -0.2) is 5.75 Å². The van der Waals surface area contributed by atoms with Crippen LogP contribution in [0.5, 0.6) is 0 Å². The number of allylic oxidation sites excluding steroid dienone is 1. The summed E-state index contributed by atoms with van der Waals surface area (Å²) >= 11 is 1.95. The Bertz CT molecular complexity index is 160. The summed E-state index contributed by atoms with van der Waals surface area (Å²) in [5, 5.41) is 2.30. The Hall–Kier alpha value is 0.0900. The van der Waals surface area contributed by atoms with Gasteiger partial charge in [0.2, 0.25) is 0 Å². The van der Waals surface area contributed by atoms with Crippen molar-refractivity contribution in [2.75, 3.05) is 5.75 Å². The summed E-state index contributed by atoms with van der Waals surface area (Å²) in [4.78, 5) is 0. The van der Waals surface area contributed by atoms with Crippen LogP contribution in [0.2, 0.25) is 0 Å². The van der Waals surface area contributed by atoms with E-state index in [0.717, 1.165) is 11.8 Å². The van der Waals surface area contributed by atoms with E-state index in [1.165, 1.54) is 12.2 Å². The minimum absolute atomic E-state index is 0.477. The maximum absolute atomic E-state index is 2.44. The molecule has 0 aromatic heterocycles. The molecule has 1 heterocycles. The molecule has 0 atom stereocenters. The number of hydrogen-bond donors (Lipinski definition) is 0. The fraction of sp³-hybridized carbons (Fsp3) is 0.818. The third-order valence-corrected chi connectivity index (χ3v) is 4.05. The average Bonchev–Trinajstić information content (AvgIpc) is 2.05. The molecular weight excluding hydrogens is 164 g/mol. The van der Waals surface area contributed by atoms with Crippen LogP contribution in [0.25, 0.3) is 0 Å². The van der Waals surface area contributed by atoms with Crippen molar-refractivity contribution in [3.8, 4) is 0 Å². The zero-order valence-electron chi connectivity index (χ0n) is 8.63. The molecule has 0 fully saturated rings. The van der Waals surface area contributed by atoms with Gasteiger partial charge in [-0.15, -0.1) is 11.8 Å². The van der Waals surface area contributed by atoms with Crippen LogP contribution in [-0.2, 0) is 0 Å². The molecule has 1 aliphatic rings. The third kappa shape index (κ3) is 1.71. The smallest absolute Gasteiger partial charge is 0.00176 e. The second-order valence-corrected chi connectivity index (χ2v) is 5.36. The van der Waals surface area contributed by atoms with Gasteiger partial charge in [0.05, 0.1) is 0 Å². The van der Waals surface area contributed by atoms with Gasteiger partial charge in [-0.3, -0.25) is 0 Å². The summed E-state index contributed by atoms with van der Waals surface area (Å²) in [6, 6.07) is 0. The van der Waals surface area contributed by atoms with E-state index in [2.05, 4.69) is 39.2 Å². The Morgan fingerprint density at radius 2 is 1.75 bits per heavy atom. The summed E-state index contributed by atoms with van der Waals surface area (Å²) in [5.41, 5.74) is 0.477. The standard InChI is InChI=1S/C11H20S/c1-9(2)11(10(3)4)5-7-12-8-6-11/h5,7,9-10H,6,8H2,1-4H3. The van der Waals surface area contributed by atoms with Crippen molar-refractivity contribution in [1.29, 1.82) is 0 Å². The summed E-state index contributed by atoms with van der Waals surface area (Å²) in [7, 11) is 0. The predicted molar refractivity (Wildman–Crippen MR) is 58.3 cm³/mol. The van der Waals surface area contributed by atoms with E-state index >= 15 is 0 Å². The second-order valence-electron chi connectivity index (χ2n) is 4.35. The van der Waals surface area contributed by atoms with Gasteiger partial charge in [-0.1, -0.05) is 33.8 Å². The monoisotopic (exact) mass is 184 g/mol. The first-order valence-corrected chi connectivity index (χ1v) is 5.94. The maximum Gasteiger partial charge on any atom is -0.00176 e. The van der Waals surface area contributed by atoms with Crippen molar-refractivity contribution in [3.05, 3.63) is 11.5 Å². The molecule has 0 N–H and O–H groups in total. The van der Waals surface area contributed by atoms with E-state index in [1.54, 1.807) is 0 Å². The van der Waals surface area contributed by atoms with Crippen molar-refractivity contribution < 1.29 is 0 Å². The van der Waals surface area contributed by atoms with Crippen molar-refractivity contribution in [3.63, 3.8) is 0 Å². The first kappa shape index (κ1) is 10.2. The molecule has 0 saturated carbocycles. The molecule has 0 bridgehead atoms. The van der Waals surface area contributed by atoms with E-state index in [9.17, 15) is 0 Å². The van der Waals surface area contributed by atoms with Gasteiger partial charge in [-0.25, -0.2) is 0 Å². The van der Waals surface area contributed by atoms with Crippen LogP contribution in [0.4, 0.5) is 0 Å². The fourth-order valence-corrected chi connectivity index (χ4v) is 3.15. The lowest BCUT2D eigenvalue weighted by atomic mass is 9.67. The molecule has 0 unspecified atom stereocenters. The van der Waals surface area contributed by atoms with Gasteiger partial charge in [0.15, 0.2) is 0 Å². The Kier molecular flexibility index (Phi) is 3.28. The van der Waals surface area contributed by atoms with Gasteiger partial charge < -0.3 is 0 Å². The number of thioether (sulfide) groups is 1. The molecule has 0 aliphatic carbocycles. The maximum atomic E-state index is 2.44. The van der Waals surface area contributed by atoms with Gasteiger partial charge in [0.1, 0.15) is 0 Å². The third-order valence-electron chi connectivity index (χ3n) is 3.28. The normalized spacial score (nSPS) is 22.2. The topological polar surface area (TPSA) is 0 Å². The van der Waals surface area contributed by atoms with Crippen molar-refractivity contribution in [2.24, 2.45) is 17.3 Å². The van der Waals surface area contributed by atoms with E-state index in [4.69, 9.17) is 0 Å². The van der Waals surface area contributed by atoms with Gasteiger partial charge in [-0.2, -0.15) is 0 Å². The van der Waals surface area contributed by atoms with E-state index in [-0.39, 0.29) is 0 Å². The van der Waals surface area contributed by atoms with Gasteiger partial charge >= 0.3 is 0 Å². The molecule has 0 spiro atoms. The van der Waals surface area contributed by atoms with Gasteiger partial charge in [0, 0.05) is 0 Å². The quantitative estimate of drug-likeness (QED) is 0.626. The Labute approximate surface area is 80.8 Å². The van der Waals surface area contributed by atoms with Crippen LogP contribution < -0.4 is 0 Å². The highest BCUT2D eigenvalue weighted by Gasteiger charge is 2.35. The molecule has 0 nitrogen and oxygen atoms in total. The molecule has 70 valence electrons. The summed E-state index contributed by atoms with van der Waals surface area (Å²) in [6.45, 7) is 9.39. The SMILES string of the molecule is CC(C)C1(C(C)C)C=CSCC1. The van der Waals surface area contributed by atoms with Crippen molar-refractivity contribution >= 4 is 11.8 Å². The first-order valence-electron chi connectivity index (χ1n) is 4.89. The largest absolute Gasteiger partial charge is 0.134 e. The lowest BCUT2D eigenvalue weighted by Gasteiger charge is -2.40. The van der Waals surface area contributed by atoms with Crippen molar-refractivity contribution in [1.82, 2.24) is 0 Å². The number of hydrogen-bond acceptors (Lipinski definition) is 1. The highest BCUT2D eigenvalue weighted by atomic mass is 32.2. The van der Waals surface area contributed by atoms with E-state index in [1.807, 2.05) is 11.8 Å². The molecule has 1 heteroatoms. The summed E-state index contributed by atoms with van der Waals surface area (Å²) < 4.78 is 0. The van der Waals surface area contributed by atoms with E-state index < -0.39 is 0 Å². The Morgan fingerprint density at radius 1 is 1.17 bits per heavy atom. The Balaban J connectivity index is 2.85. The summed E-state index contributed by atoms with van der Waals surface area (Å²) in [5.74, 6) is 2.84. The number of rotatable bonds is 2. The average molecular weight is 184 g/mol. The summed E-state index contributed by atoms with van der Waals surface area (Å²) in [6.07, 6.45) is 3.79. The lowest BCUT2D eigenvalue weighted by molar-refractivity contribution is 0.172. The molecule has 0 aromatic rings. The van der Waals surface area contributed by atoms with Crippen LogP contribution in [0.3, 0.4) is 0 Å².